The predicted octanol–water partition coefficient (Wildman–Crippen LogP) is 4.11. The zero-order valence-electron chi connectivity index (χ0n) is 13.4. The molecular formula is C21H21NO. The first-order valence-electron chi connectivity index (χ1n) is 8.01. The topological polar surface area (TPSA) is 29.1 Å². The molecule has 0 aliphatic rings. The van der Waals surface area contributed by atoms with Crippen LogP contribution < -0.4 is 5.32 Å². The van der Waals surface area contributed by atoms with E-state index in [1.165, 1.54) is 27.5 Å². The maximum atomic E-state index is 11.1. The van der Waals surface area contributed by atoms with Crippen LogP contribution in [0.4, 0.5) is 0 Å². The summed E-state index contributed by atoms with van der Waals surface area (Å²) in [5, 5.41) is 5.42. The second kappa shape index (κ2) is 7.10. The molecule has 0 bridgehead atoms. The fraction of sp³-hybridized carbons (Fsp3) is 0.190. The Bertz CT molecular complexity index is 808. The maximum absolute atomic E-state index is 11.1. The average Bonchev–Trinajstić information content (AvgIpc) is 2.55. The Balaban J connectivity index is 1.91. The summed E-state index contributed by atoms with van der Waals surface area (Å²) in [4.78, 5) is 11.1. The fourth-order valence-electron chi connectivity index (χ4n) is 2.97. The van der Waals surface area contributed by atoms with Gasteiger partial charge in [0.2, 0.25) is 5.91 Å². The molecule has 0 radical (unpaired) electrons. The Morgan fingerprint density at radius 2 is 1.65 bits per heavy atom. The van der Waals surface area contributed by atoms with E-state index in [1.54, 1.807) is 6.92 Å². The molecular weight excluding hydrogens is 282 g/mol. The summed E-state index contributed by atoms with van der Waals surface area (Å²) >= 11 is 0. The smallest absolute Gasteiger partial charge is 0.216 e. The van der Waals surface area contributed by atoms with Crippen molar-refractivity contribution >= 4 is 16.7 Å². The molecule has 1 amide bonds. The van der Waals surface area contributed by atoms with Crippen molar-refractivity contribution in [2.24, 2.45) is 0 Å². The van der Waals surface area contributed by atoms with Crippen LogP contribution in [-0.4, -0.2) is 12.5 Å². The summed E-state index contributed by atoms with van der Waals surface area (Å²) in [7, 11) is 0. The molecule has 0 saturated carbocycles. The number of hydrogen-bond acceptors (Lipinski definition) is 1. The van der Waals surface area contributed by atoms with Crippen LogP contribution in [0.1, 0.15) is 23.6 Å². The third-order valence-electron chi connectivity index (χ3n) is 4.03. The predicted molar refractivity (Wildman–Crippen MR) is 95.6 cm³/mol. The summed E-state index contributed by atoms with van der Waals surface area (Å²) in [5.74, 6) is 0.0229. The standard InChI is InChI=1S/C21H21NO/c1-16(23)22-12-11-20-15-18(13-17-7-3-2-4-8-17)14-19-9-5-6-10-21(19)20/h2-10,14-15H,11-13H2,1H3,(H,22,23). The first kappa shape index (κ1) is 15.3. The number of carbonyl (C=O) groups excluding carboxylic acids is 1. The van der Waals surface area contributed by atoms with Gasteiger partial charge in [-0.05, 0) is 40.3 Å². The first-order chi connectivity index (χ1) is 11.2. The zero-order valence-corrected chi connectivity index (χ0v) is 13.4. The highest BCUT2D eigenvalue weighted by atomic mass is 16.1. The van der Waals surface area contributed by atoms with Gasteiger partial charge in [0.15, 0.2) is 0 Å². The monoisotopic (exact) mass is 303 g/mol. The minimum Gasteiger partial charge on any atom is -0.356 e. The van der Waals surface area contributed by atoms with E-state index in [4.69, 9.17) is 0 Å². The van der Waals surface area contributed by atoms with Crippen molar-refractivity contribution in [2.45, 2.75) is 19.8 Å². The van der Waals surface area contributed by atoms with E-state index in [-0.39, 0.29) is 5.91 Å². The molecule has 0 spiro atoms. The fourth-order valence-corrected chi connectivity index (χ4v) is 2.97. The van der Waals surface area contributed by atoms with E-state index in [9.17, 15) is 4.79 Å². The second-order valence-corrected chi connectivity index (χ2v) is 5.87. The number of fused-ring (bicyclic) bond motifs is 1. The van der Waals surface area contributed by atoms with Crippen LogP contribution in [0.25, 0.3) is 10.8 Å². The molecule has 3 rings (SSSR count). The lowest BCUT2D eigenvalue weighted by molar-refractivity contribution is -0.118. The second-order valence-electron chi connectivity index (χ2n) is 5.87. The van der Waals surface area contributed by atoms with Crippen LogP contribution in [0.15, 0.2) is 66.7 Å². The van der Waals surface area contributed by atoms with Crippen molar-refractivity contribution in [3.05, 3.63) is 83.4 Å². The van der Waals surface area contributed by atoms with Gasteiger partial charge in [0.1, 0.15) is 0 Å². The van der Waals surface area contributed by atoms with Gasteiger partial charge in [0, 0.05) is 13.5 Å². The van der Waals surface area contributed by atoms with E-state index in [0.29, 0.717) is 6.54 Å². The van der Waals surface area contributed by atoms with E-state index in [2.05, 4.69) is 66.0 Å². The van der Waals surface area contributed by atoms with Gasteiger partial charge in [-0.25, -0.2) is 0 Å². The van der Waals surface area contributed by atoms with Crippen molar-refractivity contribution in [2.75, 3.05) is 6.54 Å². The van der Waals surface area contributed by atoms with Crippen molar-refractivity contribution in [3.63, 3.8) is 0 Å². The lowest BCUT2D eigenvalue weighted by Gasteiger charge is -2.11. The van der Waals surface area contributed by atoms with Crippen molar-refractivity contribution in [1.82, 2.24) is 5.32 Å². The highest BCUT2D eigenvalue weighted by Gasteiger charge is 2.05. The molecule has 0 saturated heterocycles. The lowest BCUT2D eigenvalue weighted by atomic mass is 9.95. The minimum atomic E-state index is 0.0229. The van der Waals surface area contributed by atoms with Gasteiger partial charge >= 0.3 is 0 Å². The Labute approximate surface area is 137 Å². The summed E-state index contributed by atoms with van der Waals surface area (Å²) in [5.41, 5.74) is 3.92. The molecule has 0 fully saturated rings. The molecule has 0 aliphatic heterocycles. The summed E-state index contributed by atoms with van der Waals surface area (Å²) < 4.78 is 0. The number of benzene rings is 3. The van der Waals surface area contributed by atoms with Crippen LogP contribution in [-0.2, 0) is 17.6 Å². The van der Waals surface area contributed by atoms with Crippen molar-refractivity contribution in [1.29, 1.82) is 0 Å². The normalized spacial score (nSPS) is 10.7. The van der Waals surface area contributed by atoms with E-state index in [1.807, 2.05) is 6.07 Å². The maximum Gasteiger partial charge on any atom is 0.216 e. The number of hydrogen-bond donors (Lipinski definition) is 1. The molecule has 0 atom stereocenters. The number of rotatable bonds is 5. The third kappa shape index (κ3) is 3.98. The number of amides is 1. The third-order valence-corrected chi connectivity index (χ3v) is 4.03. The van der Waals surface area contributed by atoms with Crippen LogP contribution in [0.5, 0.6) is 0 Å². The lowest BCUT2D eigenvalue weighted by Crippen LogP contribution is -2.22. The molecule has 23 heavy (non-hydrogen) atoms. The van der Waals surface area contributed by atoms with E-state index in [0.717, 1.165) is 12.8 Å². The van der Waals surface area contributed by atoms with Crippen LogP contribution >= 0.6 is 0 Å². The van der Waals surface area contributed by atoms with Gasteiger partial charge in [-0.2, -0.15) is 0 Å². The molecule has 3 aromatic carbocycles. The molecule has 0 aromatic heterocycles. The average molecular weight is 303 g/mol. The van der Waals surface area contributed by atoms with Gasteiger partial charge < -0.3 is 5.32 Å². The number of nitrogens with one attached hydrogen (secondary N) is 1. The van der Waals surface area contributed by atoms with Gasteiger partial charge in [-0.3, -0.25) is 4.79 Å². The largest absolute Gasteiger partial charge is 0.356 e. The Hall–Kier alpha value is -2.61. The van der Waals surface area contributed by atoms with Gasteiger partial charge in [-0.15, -0.1) is 0 Å². The van der Waals surface area contributed by atoms with E-state index < -0.39 is 0 Å². The van der Waals surface area contributed by atoms with Gasteiger partial charge in [-0.1, -0.05) is 66.7 Å². The molecule has 0 heterocycles. The Morgan fingerprint density at radius 3 is 2.43 bits per heavy atom. The first-order valence-corrected chi connectivity index (χ1v) is 8.01. The molecule has 2 heteroatoms. The zero-order chi connectivity index (χ0) is 16.1. The summed E-state index contributed by atoms with van der Waals surface area (Å²) in [6, 6.07) is 23.5. The summed E-state index contributed by atoms with van der Waals surface area (Å²) in [6.07, 6.45) is 1.78. The minimum absolute atomic E-state index is 0.0229. The quantitative estimate of drug-likeness (QED) is 0.755. The van der Waals surface area contributed by atoms with Gasteiger partial charge in [0.25, 0.3) is 0 Å². The Kier molecular flexibility index (Phi) is 4.72. The molecule has 1 N–H and O–H groups in total. The molecule has 3 aromatic rings. The van der Waals surface area contributed by atoms with Crippen molar-refractivity contribution < 1.29 is 4.79 Å². The molecule has 116 valence electrons. The molecule has 2 nitrogen and oxygen atoms in total. The van der Waals surface area contributed by atoms with Crippen molar-refractivity contribution in [3.8, 4) is 0 Å². The van der Waals surface area contributed by atoms with Crippen LogP contribution in [0.2, 0.25) is 0 Å². The summed E-state index contributed by atoms with van der Waals surface area (Å²) in [6.45, 7) is 2.23. The Morgan fingerprint density at radius 1 is 0.913 bits per heavy atom. The number of carbonyl (C=O) groups is 1. The van der Waals surface area contributed by atoms with Crippen LogP contribution in [0.3, 0.4) is 0 Å². The SMILES string of the molecule is CC(=O)NCCc1cc(Cc2ccccc2)cc2ccccc12. The van der Waals surface area contributed by atoms with E-state index >= 15 is 0 Å². The molecule has 0 aliphatic carbocycles. The molecule has 0 unspecified atom stereocenters. The highest BCUT2D eigenvalue weighted by Crippen LogP contribution is 2.23. The van der Waals surface area contributed by atoms with Crippen LogP contribution in [0, 0.1) is 0 Å². The van der Waals surface area contributed by atoms with Gasteiger partial charge in [0.05, 0.1) is 0 Å². The highest BCUT2D eigenvalue weighted by molar-refractivity contribution is 5.86.